The number of carbonyl (C=O) groups is 4. The first-order valence-corrected chi connectivity index (χ1v) is 11.2. The molecule has 0 unspecified atom stereocenters. The van der Waals surface area contributed by atoms with Crippen molar-refractivity contribution in [2.75, 3.05) is 13.1 Å². The van der Waals surface area contributed by atoms with Crippen LogP contribution in [0.4, 0.5) is 0 Å². The molecule has 0 radical (unpaired) electrons. The summed E-state index contributed by atoms with van der Waals surface area (Å²) < 4.78 is 0. The van der Waals surface area contributed by atoms with Crippen LogP contribution in [0, 0.1) is 5.92 Å². The molecule has 1 rings (SSSR count). The summed E-state index contributed by atoms with van der Waals surface area (Å²) in [6, 6.07) is 7.75. The lowest BCUT2D eigenvalue weighted by atomic mass is 10.0. The Kier molecular flexibility index (Phi) is 12.5. The van der Waals surface area contributed by atoms with E-state index in [-0.39, 0.29) is 18.4 Å². The Bertz CT molecular complexity index is 823. The van der Waals surface area contributed by atoms with Crippen molar-refractivity contribution < 1.29 is 19.2 Å². The predicted octanol–water partition coefficient (Wildman–Crippen LogP) is 0.836. The molecule has 1 aromatic rings. The standard InChI is InChI=1S/C24H37N5O4/c1-16(2)13-20(22(26)31)28-21(30)15-27-24(33)19(11-7-8-12-25)29-23(32)17(3)14-18-9-5-4-6-10-18/h4-6,9-10,14,16,19-20H,7-8,11-13,15,25H2,1-3H3,(H2,26,31)(H,27,33)(H,28,30)(H,29,32)/b17-14+/t19-,20-/m0/s1. The predicted molar refractivity (Wildman–Crippen MR) is 129 cm³/mol. The van der Waals surface area contributed by atoms with E-state index in [9.17, 15) is 19.2 Å². The summed E-state index contributed by atoms with van der Waals surface area (Å²) in [6.45, 7) is 5.63. The highest BCUT2D eigenvalue weighted by atomic mass is 16.2. The van der Waals surface area contributed by atoms with Crippen LogP contribution >= 0.6 is 0 Å². The first kappa shape index (κ1) is 27.8. The van der Waals surface area contributed by atoms with Crippen LogP contribution in [0.15, 0.2) is 35.9 Å². The number of nitrogens with one attached hydrogen (secondary N) is 3. The number of primary amides is 1. The maximum absolute atomic E-state index is 12.7. The maximum atomic E-state index is 12.7. The zero-order chi connectivity index (χ0) is 24.8. The van der Waals surface area contributed by atoms with Gasteiger partial charge < -0.3 is 27.4 Å². The fraction of sp³-hybridized carbons (Fsp3) is 0.500. The van der Waals surface area contributed by atoms with Crippen LogP contribution in [0.1, 0.15) is 52.0 Å². The molecular weight excluding hydrogens is 422 g/mol. The molecule has 7 N–H and O–H groups in total. The van der Waals surface area contributed by atoms with E-state index in [4.69, 9.17) is 11.5 Å². The van der Waals surface area contributed by atoms with Gasteiger partial charge in [0, 0.05) is 5.57 Å². The highest BCUT2D eigenvalue weighted by Gasteiger charge is 2.23. The van der Waals surface area contributed by atoms with Gasteiger partial charge in [-0.25, -0.2) is 0 Å². The van der Waals surface area contributed by atoms with E-state index >= 15 is 0 Å². The first-order chi connectivity index (χ1) is 15.6. The molecule has 0 aliphatic carbocycles. The van der Waals surface area contributed by atoms with Gasteiger partial charge in [-0.3, -0.25) is 19.2 Å². The summed E-state index contributed by atoms with van der Waals surface area (Å²) in [7, 11) is 0. The van der Waals surface area contributed by atoms with E-state index in [1.807, 2.05) is 44.2 Å². The van der Waals surface area contributed by atoms with Gasteiger partial charge in [-0.1, -0.05) is 44.2 Å². The van der Waals surface area contributed by atoms with Gasteiger partial charge in [0.2, 0.25) is 23.6 Å². The fourth-order valence-corrected chi connectivity index (χ4v) is 3.15. The van der Waals surface area contributed by atoms with Crippen molar-refractivity contribution >= 4 is 29.7 Å². The SMILES string of the molecule is C/C(=C\c1ccccc1)C(=O)N[C@@H](CCCCN)C(=O)NCC(=O)N[C@@H](CC(C)C)C(N)=O. The lowest BCUT2D eigenvalue weighted by Gasteiger charge is -2.20. The molecule has 0 spiro atoms. The molecule has 0 saturated carbocycles. The normalized spacial score (nSPS) is 13.2. The van der Waals surface area contributed by atoms with Crippen molar-refractivity contribution in [2.24, 2.45) is 17.4 Å². The monoisotopic (exact) mass is 459 g/mol. The number of amides is 4. The van der Waals surface area contributed by atoms with Crippen LogP contribution < -0.4 is 27.4 Å². The van der Waals surface area contributed by atoms with Gasteiger partial charge in [-0.15, -0.1) is 0 Å². The molecule has 0 heterocycles. The van der Waals surface area contributed by atoms with E-state index in [1.165, 1.54) is 0 Å². The van der Waals surface area contributed by atoms with Crippen molar-refractivity contribution in [2.45, 2.75) is 58.5 Å². The van der Waals surface area contributed by atoms with Gasteiger partial charge in [-0.2, -0.15) is 0 Å². The summed E-state index contributed by atoms with van der Waals surface area (Å²) in [5, 5.41) is 7.81. The van der Waals surface area contributed by atoms with Gasteiger partial charge in [0.1, 0.15) is 12.1 Å². The lowest BCUT2D eigenvalue weighted by Crippen LogP contribution is -2.51. The van der Waals surface area contributed by atoms with E-state index in [2.05, 4.69) is 16.0 Å². The quantitative estimate of drug-likeness (QED) is 0.206. The average molecular weight is 460 g/mol. The smallest absolute Gasteiger partial charge is 0.247 e. The number of carbonyl (C=O) groups excluding carboxylic acids is 4. The van der Waals surface area contributed by atoms with E-state index in [1.54, 1.807) is 13.0 Å². The van der Waals surface area contributed by atoms with Gasteiger partial charge in [0.15, 0.2) is 0 Å². The highest BCUT2D eigenvalue weighted by molar-refractivity contribution is 6.00. The Morgan fingerprint density at radius 2 is 1.67 bits per heavy atom. The minimum Gasteiger partial charge on any atom is -0.368 e. The van der Waals surface area contributed by atoms with Gasteiger partial charge >= 0.3 is 0 Å². The van der Waals surface area contributed by atoms with Crippen molar-refractivity contribution in [3.8, 4) is 0 Å². The molecule has 4 amide bonds. The van der Waals surface area contributed by atoms with Crippen LogP contribution in [0.2, 0.25) is 0 Å². The summed E-state index contributed by atoms with van der Waals surface area (Å²) >= 11 is 0. The average Bonchev–Trinajstić information content (AvgIpc) is 2.76. The summed E-state index contributed by atoms with van der Waals surface area (Å²) in [6.07, 6.45) is 3.86. The molecule has 0 aliphatic rings. The molecule has 0 aromatic heterocycles. The molecule has 0 saturated heterocycles. The van der Waals surface area contributed by atoms with E-state index < -0.39 is 29.8 Å². The van der Waals surface area contributed by atoms with Gasteiger partial charge in [0.25, 0.3) is 0 Å². The zero-order valence-corrected chi connectivity index (χ0v) is 19.7. The van der Waals surface area contributed by atoms with Crippen molar-refractivity contribution in [3.63, 3.8) is 0 Å². The van der Waals surface area contributed by atoms with E-state index in [0.29, 0.717) is 37.8 Å². The second-order valence-corrected chi connectivity index (χ2v) is 8.42. The minimum atomic E-state index is -0.821. The van der Waals surface area contributed by atoms with Crippen molar-refractivity contribution in [3.05, 3.63) is 41.5 Å². The Balaban J connectivity index is 2.73. The van der Waals surface area contributed by atoms with Crippen LogP contribution in [0.3, 0.4) is 0 Å². The Morgan fingerprint density at radius 1 is 1.00 bits per heavy atom. The molecule has 0 bridgehead atoms. The molecule has 33 heavy (non-hydrogen) atoms. The molecule has 2 atom stereocenters. The number of hydrogen-bond donors (Lipinski definition) is 5. The second kappa shape index (κ2) is 14.8. The third kappa shape index (κ3) is 11.3. The number of hydrogen-bond acceptors (Lipinski definition) is 5. The first-order valence-electron chi connectivity index (χ1n) is 11.2. The largest absolute Gasteiger partial charge is 0.368 e. The van der Waals surface area contributed by atoms with Crippen molar-refractivity contribution in [1.29, 1.82) is 0 Å². The zero-order valence-electron chi connectivity index (χ0n) is 19.7. The van der Waals surface area contributed by atoms with E-state index in [0.717, 1.165) is 5.56 Å². The third-order valence-electron chi connectivity index (χ3n) is 4.92. The number of unbranched alkanes of at least 4 members (excludes halogenated alkanes) is 1. The van der Waals surface area contributed by atoms with Crippen LogP contribution in [-0.2, 0) is 19.2 Å². The van der Waals surface area contributed by atoms with Crippen LogP contribution in [-0.4, -0.2) is 48.8 Å². The molecular formula is C24H37N5O4. The Hall–Kier alpha value is -3.20. The molecule has 182 valence electrons. The lowest BCUT2D eigenvalue weighted by molar-refractivity contribution is -0.130. The summed E-state index contributed by atoms with van der Waals surface area (Å²) in [5.74, 6) is -1.85. The molecule has 1 aromatic carbocycles. The highest BCUT2D eigenvalue weighted by Crippen LogP contribution is 2.08. The van der Waals surface area contributed by atoms with Crippen LogP contribution in [0.25, 0.3) is 6.08 Å². The number of nitrogens with two attached hydrogens (primary N) is 2. The second-order valence-electron chi connectivity index (χ2n) is 8.42. The third-order valence-corrected chi connectivity index (χ3v) is 4.92. The van der Waals surface area contributed by atoms with Gasteiger partial charge in [0.05, 0.1) is 6.54 Å². The molecule has 0 aliphatic heterocycles. The Morgan fingerprint density at radius 3 is 2.24 bits per heavy atom. The summed E-state index contributed by atoms with van der Waals surface area (Å²) in [5.41, 5.74) is 12.2. The number of rotatable bonds is 14. The molecule has 9 nitrogen and oxygen atoms in total. The molecule has 9 heteroatoms. The summed E-state index contributed by atoms with van der Waals surface area (Å²) in [4.78, 5) is 49.1. The van der Waals surface area contributed by atoms with Crippen LogP contribution in [0.5, 0.6) is 0 Å². The van der Waals surface area contributed by atoms with Gasteiger partial charge in [-0.05, 0) is 56.7 Å². The van der Waals surface area contributed by atoms with Crippen molar-refractivity contribution in [1.82, 2.24) is 16.0 Å². The fourth-order valence-electron chi connectivity index (χ4n) is 3.15. The minimum absolute atomic E-state index is 0.159. The topological polar surface area (TPSA) is 156 Å². The Labute approximate surface area is 195 Å². The maximum Gasteiger partial charge on any atom is 0.247 e. The molecule has 0 fully saturated rings. The number of benzene rings is 1.